The Labute approximate surface area is 117 Å². The summed E-state index contributed by atoms with van der Waals surface area (Å²) in [7, 11) is 0. The van der Waals surface area contributed by atoms with Crippen LogP contribution < -0.4 is 5.32 Å². The lowest BCUT2D eigenvalue weighted by Crippen LogP contribution is -2.28. The first-order valence-corrected chi connectivity index (χ1v) is 5.72. The van der Waals surface area contributed by atoms with Gasteiger partial charge in [-0.2, -0.15) is 22.0 Å². The molecule has 0 aliphatic heterocycles. The summed E-state index contributed by atoms with van der Waals surface area (Å²) >= 11 is 6.06. The summed E-state index contributed by atoms with van der Waals surface area (Å²) in [6, 6.07) is 1.99. The lowest BCUT2D eigenvalue weighted by molar-refractivity contribution is -0.137. The van der Waals surface area contributed by atoms with Crippen molar-refractivity contribution in [2.75, 3.05) is 5.32 Å². The molecule has 0 bridgehead atoms. The third kappa shape index (κ3) is 3.94. The molecule has 0 spiro atoms. The van der Waals surface area contributed by atoms with Crippen molar-refractivity contribution < 1.29 is 26.7 Å². The number of halogens is 7. The van der Waals surface area contributed by atoms with Crippen LogP contribution in [-0.2, 0) is 11.0 Å². The summed E-state index contributed by atoms with van der Waals surface area (Å²) in [4.78, 5) is 10.9. The van der Waals surface area contributed by atoms with Gasteiger partial charge in [0.1, 0.15) is 0 Å². The van der Waals surface area contributed by atoms with E-state index in [0.29, 0.717) is 34.7 Å². The van der Waals surface area contributed by atoms with Gasteiger partial charge < -0.3 is 5.32 Å². The van der Waals surface area contributed by atoms with E-state index in [1.165, 1.54) is 0 Å². The van der Waals surface area contributed by atoms with Gasteiger partial charge in [0, 0.05) is 22.6 Å². The largest absolute Gasteiger partial charge is 0.416 e. The number of amides is 1. The van der Waals surface area contributed by atoms with Gasteiger partial charge in [0.15, 0.2) is 0 Å². The first-order valence-electron chi connectivity index (χ1n) is 4.27. The van der Waals surface area contributed by atoms with E-state index in [2.05, 4.69) is 0 Å². The van der Waals surface area contributed by atoms with Gasteiger partial charge in [0.2, 0.25) is 0 Å². The molecule has 2 nitrogen and oxygen atoms in total. The van der Waals surface area contributed by atoms with Crippen molar-refractivity contribution in [3.63, 3.8) is 0 Å². The first kappa shape index (κ1) is 15.4. The minimum Gasteiger partial charge on any atom is -0.319 e. The molecular formula is C9H4ClF5INO. The van der Waals surface area contributed by atoms with E-state index in [-0.39, 0.29) is 5.69 Å². The van der Waals surface area contributed by atoms with Crippen molar-refractivity contribution in [3.8, 4) is 0 Å². The fourth-order valence-electron chi connectivity index (χ4n) is 0.986. The summed E-state index contributed by atoms with van der Waals surface area (Å²) < 4.78 is 58.3. The van der Waals surface area contributed by atoms with E-state index in [1.807, 2.05) is 0 Å². The fraction of sp³-hybridized carbons (Fsp3) is 0.222. The maximum absolute atomic E-state index is 12.6. The van der Waals surface area contributed by atoms with Gasteiger partial charge in [-0.3, -0.25) is 4.79 Å². The monoisotopic (exact) mass is 399 g/mol. The second kappa shape index (κ2) is 5.16. The second-order valence-corrected chi connectivity index (χ2v) is 4.91. The molecular weight excluding hydrogens is 395 g/mol. The Hall–Kier alpha value is -0.640. The molecule has 0 aliphatic rings. The number of alkyl halides is 6. The van der Waals surface area contributed by atoms with Crippen molar-refractivity contribution in [1.82, 2.24) is 0 Å². The highest BCUT2D eigenvalue weighted by molar-refractivity contribution is 14.1. The molecule has 0 saturated heterocycles. The van der Waals surface area contributed by atoms with Crippen molar-refractivity contribution in [2.24, 2.45) is 0 Å². The van der Waals surface area contributed by atoms with E-state index < -0.39 is 26.6 Å². The molecule has 0 atom stereocenters. The second-order valence-electron chi connectivity index (χ2n) is 3.14. The number of hydrogen-bond acceptors (Lipinski definition) is 1. The number of nitrogens with one attached hydrogen (secondary N) is 1. The Bertz CT molecular complexity index is 471. The van der Waals surface area contributed by atoms with Crippen LogP contribution >= 0.6 is 34.2 Å². The van der Waals surface area contributed by atoms with Gasteiger partial charge in [-0.05, 0) is 18.2 Å². The average molecular weight is 399 g/mol. The van der Waals surface area contributed by atoms with Crippen LogP contribution in [0.3, 0.4) is 0 Å². The first-order chi connectivity index (χ1) is 8.01. The minimum absolute atomic E-state index is 0.314. The van der Waals surface area contributed by atoms with Gasteiger partial charge in [-0.15, -0.1) is 0 Å². The Morgan fingerprint density at radius 3 is 2.17 bits per heavy atom. The van der Waals surface area contributed by atoms with E-state index in [1.54, 1.807) is 5.32 Å². The van der Waals surface area contributed by atoms with Gasteiger partial charge in [-0.25, -0.2) is 0 Å². The molecule has 0 fully saturated rings. The Kier molecular flexibility index (Phi) is 4.42. The lowest BCUT2D eigenvalue weighted by atomic mass is 10.2. The molecule has 0 unspecified atom stereocenters. The van der Waals surface area contributed by atoms with E-state index in [0.717, 1.165) is 6.07 Å². The van der Waals surface area contributed by atoms with Crippen molar-refractivity contribution in [2.45, 2.75) is 10.1 Å². The minimum atomic E-state index is -4.60. The van der Waals surface area contributed by atoms with Crippen LogP contribution in [0.2, 0.25) is 5.02 Å². The number of carbonyl (C=O) groups excluding carboxylic acids is 1. The number of hydrogen-bond donors (Lipinski definition) is 1. The van der Waals surface area contributed by atoms with Gasteiger partial charge in [0.25, 0.3) is 0 Å². The zero-order valence-corrected chi connectivity index (χ0v) is 11.2. The highest BCUT2D eigenvalue weighted by Gasteiger charge is 2.35. The third-order valence-electron chi connectivity index (χ3n) is 1.80. The normalized spacial score (nSPS) is 12.4. The molecule has 0 heterocycles. The van der Waals surface area contributed by atoms with Crippen LogP contribution in [0.15, 0.2) is 18.2 Å². The molecule has 100 valence electrons. The molecule has 1 N–H and O–H groups in total. The molecule has 1 rings (SSSR count). The van der Waals surface area contributed by atoms with Crippen LogP contribution in [0.1, 0.15) is 5.56 Å². The predicted molar refractivity (Wildman–Crippen MR) is 64.1 cm³/mol. The standard InChI is InChI=1S/C9H4ClF5INO/c10-5-3-4(8(11,12)13)1-2-6(5)17-7(18)9(14,15)16/h1-3H,(H,17,18). The van der Waals surface area contributed by atoms with Crippen LogP contribution in [0.5, 0.6) is 0 Å². The van der Waals surface area contributed by atoms with Gasteiger partial charge >= 0.3 is 16.0 Å². The van der Waals surface area contributed by atoms with Crippen molar-refractivity contribution >= 4 is 45.8 Å². The van der Waals surface area contributed by atoms with Crippen molar-refractivity contribution in [1.29, 1.82) is 0 Å². The van der Waals surface area contributed by atoms with Gasteiger partial charge in [0.05, 0.1) is 16.3 Å². The molecule has 1 amide bonds. The SMILES string of the molecule is O=C(Nc1ccc(C(F)(F)F)cc1Cl)C(F)(F)I. The zero-order valence-electron chi connectivity index (χ0n) is 8.29. The molecule has 1 aromatic carbocycles. The van der Waals surface area contributed by atoms with Crippen LogP contribution in [-0.4, -0.2) is 9.84 Å². The molecule has 0 saturated carbocycles. The average Bonchev–Trinajstić information content (AvgIpc) is 2.17. The number of rotatable bonds is 2. The van der Waals surface area contributed by atoms with Gasteiger partial charge in [-0.1, -0.05) is 11.6 Å². The van der Waals surface area contributed by atoms with E-state index in [9.17, 15) is 26.7 Å². The predicted octanol–water partition coefficient (Wildman–Crippen LogP) is 4.33. The number of carbonyl (C=O) groups is 1. The smallest absolute Gasteiger partial charge is 0.319 e. The summed E-state index contributed by atoms with van der Waals surface area (Å²) in [5.41, 5.74) is -1.35. The topological polar surface area (TPSA) is 29.1 Å². The third-order valence-corrected chi connectivity index (χ3v) is 2.60. The molecule has 9 heteroatoms. The number of benzene rings is 1. The maximum atomic E-state index is 12.6. The van der Waals surface area contributed by atoms with Crippen LogP contribution in [0.4, 0.5) is 27.6 Å². The summed E-state index contributed by atoms with van der Waals surface area (Å²) in [5.74, 6) is -1.66. The Morgan fingerprint density at radius 2 is 1.78 bits per heavy atom. The molecule has 0 radical (unpaired) electrons. The lowest BCUT2D eigenvalue weighted by Gasteiger charge is -2.12. The summed E-state index contributed by atoms with van der Waals surface area (Å²) in [6.45, 7) is 0. The van der Waals surface area contributed by atoms with E-state index in [4.69, 9.17) is 11.6 Å². The number of anilines is 1. The highest BCUT2D eigenvalue weighted by atomic mass is 127. The van der Waals surface area contributed by atoms with Crippen molar-refractivity contribution in [3.05, 3.63) is 28.8 Å². The molecule has 1 aromatic rings. The highest BCUT2D eigenvalue weighted by Crippen LogP contribution is 2.34. The molecule has 18 heavy (non-hydrogen) atoms. The summed E-state index contributed by atoms with van der Waals surface area (Å²) in [6.07, 6.45) is -4.60. The Morgan fingerprint density at radius 1 is 1.22 bits per heavy atom. The quantitative estimate of drug-likeness (QED) is 0.448. The molecule has 0 aromatic heterocycles. The zero-order chi connectivity index (χ0) is 14.1. The van der Waals surface area contributed by atoms with Crippen LogP contribution in [0, 0.1) is 0 Å². The summed E-state index contributed by atoms with van der Waals surface area (Å²) in [5, 5.41) is 1.26. The molecule has 0 aliphatic carbocycles. The maximum Gasteiger partial charge on any atom is 0.416 e. The van der Waals surface area contributed by atoms with E-state index >= 15 is 0 Å². The van der Waals surface area contributed by atoms with Crippen LogP contribution in [0.25, 0.3) is 0 Å². The Balaban J connectivity index is 2.98. The fourth-order valence-corrected chi connectivity index (χ4v) is 1.35.